The smallest absolute Gasteiger partial charge is 0.229 e. The number of hydrogen-bond acceptors (Lipinski definition) is 3. The number of nitrogens with one attached hydrogen (secondary N) is 1. The van der Waals surface area contributed by atoms with E-state index in [2.05, 4.69) is 10.3 Å². The first-order valence-electron chi connectivity index (χ1n) is 6.54. The van der Waals surface area contributed by atoms with Gasteiger partial charge in [-0.25, -0.2) is 0 Å². The summed E-state index contributed by atoms with van der Waals surface area (Å²) in [5.74, 6) is -0.372. The molecule has 1 fully saturated rings. The highest BCUT2D eigenvalue weighted by molar-refractivity contribution is 6.03. The molecule has 2 amide bonds. The third-order valence-electron chi connectivity index (χ3n) is 3.62. The van der Waals surface area contributed by atoms with Crippen molar-refractivity contribution in [3.8, 4) is 0 Å². The number of carbonyl (C=O) groups excluding carboxylic acids is 2. The molecule has 0 radical (unpaired) electrons. The van der Waals surface area contributed by atoms with Crippen LogP contribution in [0.15, 0.2) is 36.5 Å². The van der Waals surface area contributed by atoms with E-state index in [9.17, 15) is 9.59 Å². The number of benzene rings is 1. The van der Waals surface area contributed by atoms with Gasteiger partial charge in [-0.1, -0.05) is 6.07 Å². The molecule has 1 aromatic heterocycles. The molecular formula is C15H15N3O2. The van der Waals surface area contributed by atoms with Gasteiger partial charge >= 0.3 is 0 Å². The summed E-state index contributed by atoms with van der Waals surface area (Å²) in [6, 6.07) is 9.37. The Morgan fingerprint density at radius 1 is 1.35 bits per heavy atom. The SMILES string of the molecule is CN1CC(C(=O)Nc2cccc3ncccc23)CC1=O. The summed E-state index contributed by atoms with van der Waals surface area (Å²) in [6.45, 7) is 0.480. The second-order valence-corrected chi connectivity index (χ2v) is 5.04. The first-order chi connectivity index (χ1) is 9.65. The van der Waals surface area contributed by atoms with Crippen molar-refractivity contribution in [2.75, 3.05) is 18.9 Å². The van der Waals surface area contributed by atoms with Crippen LogP contribution in [0.4, 0.5) is 5.69 Å². The third-order valence-corrected chi connectivity index (χ3v) is 3.62. The quantitative estimate of drug-likeness (QED) is 0.901. The van der Waals surface area contributed by atoms with Gasteiger partial charge in [0.1, 0.15) is 0 Å². The minimum absolute atomic E-state index is 0.0183. The van der Waals surface area contributed by atoms with Gasteiger partial charge in [0, 0.05) is 31.6 Å². The van der Waals surface area contributed by atoms with E-state index >= 15 is 0 Å². The van der Waals surface area contributed by atoms with Crippen molar-refractivity contribution in [1.29, 1.82) is 0 Å². The lowest BCUT2D eigenvalue weighted by molar-refractivity contribution is -0.127. The van der Waals surface area contributed by atoms with Gasteiger partial charge in [0.25, 0.3) is 0 Å². The highest BCUT2D eigenvalue weighted by Gasteiger charge is 2.32. The Labute approximate surface area is 116 Å². The fourth-order valence-electron chi connectivity index (χ4n) is 2.49. The fourth-order valence-corrected chi connectivity index (χ4v) is 2.49. The normalized spacial score (nSPS) is 18.6. The Morgan fingerprint density at radius 3 is 2.95 bits per heavy atom. The lowest BCUT2D eigenvalue weighted by atomic mass is 10.1. The largest absolute Gasteiger partial charge is 0.345 e. The van der Waals surface area contributed by atoms with E-state index in [-0.39, 0.29) is 24.2 Å². The van der Waals surface area contributed by atoms with E-state index in [1.807, 2.05) is 30.3 Å². The van der Waals surface area contributed by atoms with Crippen LogP contribution in [0, 0.1) is 5.92 Å². The van der Waals surface area contributed by atoms with Crippen molar-refractivity contribution in [1.82, 2.24) is 9.88 Å². The molecule has 1 unspecified atom stereocenters. The summed E-state index contributed by atoms with van der Waals surface area (Å²) >= 11 is 0. The molecule has 1 saturated heterocycles. The summed E-state index contributed by atoms with van der Waals surface area (Å²) in [6.07, 6.45) is 2.00. The van der Waals surface area contributed by atoms with E-state index in [1.54, 1.807) is 18.1 Å². The van der Waals surface area contributed by atoms with E-state index in [0.717, 1.165) is 16.6 Å². The molecule has 0 saturated carbocycles. The Bertz CT molecular complexity index is 678. The van der Waals surface area contributed by atoms with Crippen LogP contribution in [0.3, 0.4) is 0 Å². The van der Waals surface area contributed by atoms with Crippen LogP contribution in [0.1, 0.15) is 6.42 Å². The predicted molar refractivity (Wildman–Crippen MR) is 76.1 cm³/mol. The molecular weight excluding hydrogens is 254 g/mol. The zero-order chi connectivity index (χ0) is 14.1. The van der Waals surface area contributed by atoms with Crippen molar-refractivity contribution >= 4 is 28.4 Å². The molecule has 20 heavy (non-hydrogen) atoms. The van der Waals surface area contributed by atoms with Crippen molar-refractivity contribution in [2.45, 2.75) is 6.42 Å². The molecule has 0 aliphatic carbocycles. The van der Waals surface area contributed by atoms with Crippen LogP contribution in [0.25, 0.3) is 10.9 Å². The van der Waals surface area contributed by atoms with Gasteiger partial charge in [0.05, 0.1) is 17.1 Å². The highest BCUT2D eigenvalue weighted by atomic mass is 16.2. The zero-order valence-corrected chi connectivity index (χ0v) is 11.2. The average molecular weight is 269 g/mol. The molecule has 102 valence electrons. The summed E-state index contributed by atoms with van der Waals surface area (Å²) in [4.78, 5) is 29.6. The van der Waals surface area contributed by atoms with E-state index in [4.69, 9.17) is 0 Å². The van der Waals surface area contributed by atoms with Crippen LogP contribution >= 0.6 is 0 Å². The van der Waals surface area contributed by atoms with Crippen LogP contribution in [-0.2, 0) is 9.59 Å². The number of amides is 2. The molecule has 5 nitrogen and oxygen atoms in total. The Hall–Kier alpha value is -2.43. The van der Waals surface area contributed by atoms with Crippen LogP contribution in [0.5, 0.6) is 0 Å². The first kappa shape index (κ1) is 12.6. The zero-order valence-electron chi connectivity index (χ0n) is 11.2. The van der Waals surface area contributed by atoms with Crippen molar-refractivity contribution in [3.05, 3.63) is 36.5 Å². The molecule has 1 atom stereocenters. The number of anilines is 1. The number of fused-ring (bicyclic) bond motifs is 1. The Kier molecular flexibility index (Phi) is 3.10. The van der Waals surface area contributed by atoms with Gasteiger partial charge < -0.3 is 10.2 Å². The molecule has 2 heterocycles. The minimum atomic E-state index is -0.278. The van der Waals surface area contributed by atoms with Gasteiger partial charge in [-0.15, -0.1) is 0 Å². The van der Waals surface area contributed by atoms with Crippen molar-refractivity contribution < 1.29 is 9.59 Å². The molecule has 0 spiro atoms. The maximum atomic E-state index is 12.2. The fraction of sp³-hybridized carbons (Fsp3) is 0.267. The lowest BCUT2D eigenvalue weighted by Crippen LogP contribution is -2.25. The van der Waals surface area contributed by atoms with E-state index in [0.29, 0.717) is 6.54 Å². The van der Waals surface area contributed by atoms with Gasteiger partial charge in [-0.2, -0.15) is 0 Å². The lowest BCUT2D eigenvalue weighted by Gasteiger charge is -2.12. The Morgan fingerprint density at radius 2 is 2.20 bits per heavy atom. The summed E-state index contributed by atoms with van der Waals surface area (Å²) in [7, 11) is 1.72. The average Bonchev–Trinajstić information content (AvgIpc) is 2.79. The molecule has 5 heteroatoms. The molecule has 3 rings (SSSR count). The number of likely N-dealkylation sites (tertiary alicyclic amines) is 1. The number of carbonyl (C=O) groups is 2. The topological polar surface area (TPSA) is 62.3 Å². The second kappa shape index (κ2) is 4.92. The standard InChI is InChI=1S/C15H15N3O2/c1-18-9-10(8-14(18)19)15(20)17-13-6-2-5-12-11(13)4-3-7-16-12/h2-7,10H,8-9H2,1H3,(H,17,20). The van der Waals surface area contributed by atoms with Gasteiger partial charge in [0.15, 0.2) is 0 Å². The second-order valence-electron chi connectivity index (χ2n) is 5.04. The predicted octanol–water partition coefficient (Wildman–Crippen LogP) is 1.65. The van der Waals surface area contributed by atoms with E-state index < -0.39 is 0 Å². The summed E-state index contributed by atoms with van der Waals surface area (Å²) < 4.78 is 0. The van der Waals surface area contributed by atoms with Gasteiger partial charge in [-0.3, -0.25) is 14.6 Å². The van der Waals surface area contributed by atoms with Crippen molar-refractivity contribution in [3.63, 3.8) is 0 Å². The van der Waals surface area contributed by atoms with Crippen LogP contribution in [-0.4, -0.2) is 35.3 Å². The molecule has 2 aromatic rings. The number of nitrogens with zero attached hydrogens (tertiary/aromatic N) is 2. The molecule has 1 aliphatic rings. The van der Waals surface area contributed by atoms with Crippen LogP contribution < -0.4 is 5.32 Å². The minimum Gasteiger partial charge on any atom is -0.345 e. The molecule has 1 N–H and O–H groups in total. The molecule has 1 aromatic carbocycles. The van der Waals surface area contributed by atoms with Crippen molar-refractivity contribution in [2.24, 2.45) is 5.92 Å². The maximum absolute atomic E-state index is 12.2. The number of hydrogen-bond donors (Lipinski definition) is 1. The maximum Gasteiger partial charge on any atom is 0.229 e. The first-order valence-corrected chi connectivity index (χ1v) is 6.54. The van der Waals surface area contributed by atoms with Gasteiger partial charge in [-0.05, 0) is 24.3 Å². The van der Waals surface area contributed by atoms with E-state index in [1.165, 1.54) is 0 Å². The monoisotopic (exact) mass is 269 g/mol. The third kappa shape index (κ3) is 2.22. The van der Waals surface area contributed by atoms with Crippen LogP contribution in [0.2, 0.25) is 0 Å². The summed E-state index contributed by atoms with van der Waals surface area (Å²) in [5, 5.41) is 3.81. The molecule has 0 bridgehead atoms. The number of rotatable bonds is 2. The summed E-state index contributed by atoms with van der Waals surface area (Å²) in [5.41, 5.74) is 1.58. The molecule has 1 aliphatic heterocycles. The van der Waals surface area contributed by atoms with Gasteiger partial charge in [0.2, 0.25) is 11.8 Å². The Balaban J connectivity index is 1.83. The number of aromatic nitrogens is 1. The highest BCUT2D eigenvalue weighted by Crippen LogP contribution is 2.23. The number of pyridine rings is 1.